The normalized spacial score (nSPS) is 10.3. The van der Waals surface area contributed by atoms with Crippen LogP contribution >= 0.6 is 0 Å². The third kappa shape index (κ3) is 14.7. The molecular formula is C30H24Mo2N4O12-12. The molecule has 4 rings (SSSR count). The molecule has 0 aromatic heterocycles. The van der Waals surface area contributed by atoms with E-state index >= 15 is 0 Å². The molecule has 0 bridgehead atoms. The van der Waals surface area contributed by atoms with Gasteiger partial charge < -0.3 is 62.0 Å². The zero-order chi connectivity index (χ0) is 30.5. The molecule has 0 aliphatic heterocycles. The number of para-hydroxylation sites is 2. The first-order valence-electron chi connectivity index (χ1n) is 12.1. The van der Waals surface area contributed by atoms with Crippen LogP contribution in [0.2, 0.25) is 0 Å². The van der Waals surface area contributed by atoms with Crippen molar-refractivity contribution in [2.24, 2.45) is 20.4 Å². The molecule has 0 aliphatic rings. The summed E-state index contributed by atoms with van der Waals surface area (Å²) in [4.78, 5) is 0. The van der Waals surface area contributed by atoms with E-state index in [4.69, 9.17) is 19.7 Å². The fourth-order valence-corrected chi connectivity index (χ4v) is 3.20. The molecule has 260 valence electrons. The topological polar surface area (TPSA) is 315 Å². The number of benzene rings is 4. The van der Waals surface area contributed by atoms with Gasteiger partial charge in [-0.25, -0.2) is 0 Å². The number of phenolic OH excluding ortho intramolecular Hbond substituents is 2. The summed E-state index contributed by atoms with van der Waals surface area (Å²) in [6.45, 7) is 0. The van der Waals surface area contributed by atoms with Gasteiger partial charge in [0.25, 0.3) is 0 Å². The van der Waals surface area contributed by atoms with Crippen molar-refractivity contribution in [1.29, 1.82) is 0 Å². The first-order chi connectivity index (χ1) is 20.2. The molecule has 18 heteroatoms. The Morgan fingerprint density at radius 3 is 1.17 bits per heavy atom. The predicted octanol–water partition coefficient (Wildman–Crippen LogP) is 0.751. The minimum atomic E-state index is -0.568. The Kier molecular flexibility index (Phi) is 26.4. The first kappa shape index (κ1) is 50.0. The smallest absolute Gasteiger partial charge is 0.115 e. The zero-order valence-electron chi connectivity index (χ0n) is 24.8. The van der Waals surface area contributed by atoms with Crippen molar-refractivity contribution >= 4 is 24.2 Å². The second kappa shape index (κ2) is 25.3. The number of phenols is 2. The molecule has 0 unspecified atom stereocenters. The van der Waals surface area contributed by atoms with E-state index in [9.17, 15) is 20.4 Å². The molecule has 0 aliphatic carbocycles. The van der Waals surface area contributed by atoms with Crippen LogP contribution in [-0.2, 0) is 64.0 Å². The van der Waals surface area contributed by atoms with E-state index in [-0.39, 0.29) is 121 Å². The van der Waals surface area contributed by atoms with E-state index in [1.54, 1.807) is 36.4 Å². The Morgan fingerprint density at radius 2 is 0.875 bits per heavy atom. The molecule has 16 nitrogen and oxygen atoms in total. The Bertz CT molecular complexity index is 1500. The van der Waals surface area contributed by atoms with Crippen LogP contribution in [0.1, 0.15) is 22.3 Å². The quantitative estimate of drug-likeness (QED) is 0.110. The number of rotatable bonds is 8. The largest absolute Gasteiger partial charge is 2.00 e. The summed E-state index contributed by atoms with van der Waals surface area (Å²) in [6, 6.07) is 20.7. The summed E-state index contributed by atoms with van der Waals surface area (Å²) in [5.41, 5.74) is 1.13. The van der Waals surface area contributed by atoms with Crippen LogP contribution in [0, 0.1) is 0 Å². The van der Waals surface area contributed by atoms with Crippen LogP contribution < -0.4 is 29.9 Å². The minimum absolute atomic E-state index is 0. The van der Waals surface area contributed by atoms with Crippen LogP contribution in [0.25, 0.3) is 0 Å². The minimum Gasteiger partial charge on any atom is -2.00 e. The second-order valence-electron chi connectivity index (χ2n) is 8.15. The first-order valence-corrected chi connectivity index (χ1v) is 12.1. The van der Waals surface area contributed by atoms with Gasteiger partial charge in [0, 0.05) is 53.9 Å². The van der Waals surface area contributed by atoms with E-state index in [1.807, 2.05) is 0 Å². The summed E-state index contributed by atoms with van der Waals surface area (Å²) in [5.74, 6) is -1.27. The summed E-state index contributed by atoms with van der Waals surface area (Å²) >= 11 is 0. The van der Waals surface area contributed by atoms with Crippen molar-refractivity contribution < 1.29 is 104 Å². The summed E-state index contributed by atoms with van der Waals surface area (Å²) in [7, 11) is 2.80. The van der Waals surface area contributed by atoms with Gasteiger partial charge in [-0.15, -0.1) is 0 Å². The second-order valence-corrected chi connectivity index (χ2v) is 8.15. The van der Waals surface area contributed by atoms with Crippen LogP contribution in [0.5, 0.6) is 34.5 Å². The number of aromatic hydroxyl groups is 2. The molecule has 4 aromatic rings. The van der Waals surface area contributed by atoms with Gasteiger partial charge in [0.15, 0.2) is 0 Å². The van der Waals surface area contributed by atoms with Crippen LogP contribution in [0.15, 0.2) is 105 Å². The Morgan fingerprint density at radius 1 is 0.562 bits per heavy atom. The van der Waals surface area contributed by atoms with Gasteiger partial charge in [-0.2, -0.15) is 20.4 Å². The molecule has 4 aromatic carbocycles. The molecule has 0 amide bonds. The predicted molar refractivity (Wildman–Crippen MR) is 152 cm³/mol. The van der Waals surface area contributed by atoms with Crippen LogP contribution in [0.4, 0.5) is 0 Å². The number of methoxy groups -OCH3 is 2. The fourth-order valence-electron chi connectivity index (χ4n) is 3.20. The van der Waals surface area contributed by atoms with Gasteiger partial charge in [0.2, 0.25) is 0 Å². The van der Waals surface area contributed by atoms with Crippen molar-refractivity contribution in [1.82, 2.24) is 0 Å². The fraction of sp³-hybridized carbons (Fsp3) is 0.0667. The van der Waals surface area contributed by atoms with Gasteiger partial charge in [-0.1, -0.05) is 60.0 Å². The maximum atomic E-state index is 11.8. The Balaban J connectivity index is -0.000000359. The maximum absolute atomic E-state index is 11.8. The van der Waals surface area contributed by atoms with E-state index < -0.39 is 11.8 Å². The molecule has 0 saturated heterocycles. The molecule has 0 fully saturated rings. The van der Waals surface area contributed by atoms with Crippen molar-refractivity contribution in [2.75, 3.05) is 14.2 Å². The molecule has 0 saturated carbocycles. The van der Waals surface area contributed by atoms with E-state index in [0.717, 1.165) is 0 Å². The van der Waals surface area contributed by atoms with Crippen molar-refractivity contribution in [3.63, 3.8) is 0 Å². The van der Waals surface area contributed by atoms with E-state index in [0.29, 0.717) is 0 Å². The number of nitrogens with zero attached hydrogens (tertiary/aromatic N) is 4. The van der Waals surface area contributed by atoms with Crippen LogP contribution in [0.3, 0.4) is 0 Å². The van der Waals surface area contributed by atoms with Crippen molar-refractivity contribution in [2.45, 2.75) is 0 Å². The van der Waals surface area contributed by atoms with E-state index in [1.165, 1.54) is 75.2 Å². The molecule has 2 N–H and O–H groups in total. The number of hydrogen-bond donors (Lipinski definition) is 2. The van der Waals surface area contributed by atoms with Crippen molar-refractivity contribution in [3.8, 4) is 34.5 Å². The van der Waals surface area contributed by atoms with Gasteiger partial charge in [0.1, 0.15) is 23.0 Å². The third-order valence-electron chi connectivity index (χ3n) is 5.38. The molecular weight excluding hydrogens is 800 g/mol. The van der Waals surface area contributed by atoms with Crippen LogP contribution in [-0.4, -0.2) is 48.7 Å². The average molecular weight is 824 g/mol. The number of ether oxygens (including phenoxy) is 2. The number of hydrogen-bond acceptors (Lipinski definition) is 12. The molecule has 0 spiro atoms. The average Bonchev–Trinajstić information content (AvgIpc) is 3.00. The Labute approximate surface area is 303 Å². The van der Waals surface area contributed by atoms with E-state index in [2.05, 4.69) is 20.4 Å². The standard InChI is InChI=1S/2C15H14N2O4.2Mo.4O/c2*1-21-13-4-2-3-11(14(13)19)9-16-17-15(20)10-5-7-12(18)8-6-10;;;;;;/h2*2-9,18-19H,1H3,(H,17,20);;;;;;/q;;;;4*-2/p-4/b2*16-9+;;;;;;. The summed E-state index contributed by atoms with van der Waals surface area (Å²) in [6.07, 6.45) is 2.40. The van der Waals surface area contributed by atoms with Gasteiger partial charge in [0.05, 0.1) is 26.6 Å². The van der Waals surface area contributed by atoms with Crippen molar-refractivity contribution in [3.05, 3.63) is 107 Å². The molecule has 0 radical (unpaired) electrons. The maximum Gasteiger partial charge on any atom is 0.115 e. The molecule has 0 heterocycles. The monoisotopic (exact) mass is 828 g/mol. The Hall–Kier alpha value is -4.82. The third-order valence-corrected chi connectivity index (χ3v) is 5.38. The van der Waals surface area contributed by atoms with Gasteiger partial charge in [-0.3, -0.25) is 0 Å². The summed E-state index contributed by atoms with van der Waals surface area (Å²) in [5, 5.41) is 79.4. The van der Waals surface area contributed by atoms with Gasteiger partial charge in [-0.05, 0) is 58.7 Å². The summed E-state index contributed by atoms with van der Waals surface area (Å²) < 4.78 is 9.80. The molecule has 48 heavy (non-hydrogen) atoms. The SMILES string of the molecule is COc1cccc(/C=N/N=C(\[O-])c2ccc(O)cc2)c1[O-].COc1cccc(/C=N/N=C(\[O-])c2ccc(O)cc2)c1[O-].[Mo].[Mo].[O-2].[O-2].[O-2].[O-2]. The zero-order valence-corrected chi connectivity index (χ0v) is 28.8. The molecule has 0 atom stereocenters. The van der Waals surface area contributed by atoms with Gasteiger partial charge >= 0.3 is 0 Å².